The van der Waals surface area contributed by atoms with Crippen molar-refractivity contribution in [1.29, 1.82) is 0 Å². The lowest BCUT2D eigenvalue weighted by Crippen LogP contribution is -2.35. The Kier molecular flexibility index (Phi) is 3.30. The molecule has 1 aromatic carbocycles. The third-order valence-corrected chi connectivity index (χ3v) is 2.83. The van der Waals surface area contributed by atoms with Gasteiger partial charge in [0.25, 0.3) is 0 Å². The minimum atomic E-state index is -0.590. The van der Waals surface area contributed by atoms with E-state index in [0.717, 1.165) is 0 Å². The van der Waals surface area contributed by atoms with Gasteiger partial charge in [-0.25, -0.2) is 9.18 Å². The molecule has 1 aliphatic rings. The highest BCUT2D eigenvalue weighted by Crippen LogP contribution is 2.31. The Morgan fingerprint density at radius 2 is 2.11 bits per heavy atom. The molecular formula is C14H16FNO3. The Balaban J connectivity index is 2.31. The van der Waals surface area contributed by atoms with Crippen molar-refractivity contribution in [2.75, 3.05) is 11.4 Å². The zero-order valence-corrected chi connectivity index (χ0v) is 11.2. The van der Waals surface area contributed by atoms with Gasteiger partial charge in [0.2, 0.25) is 0 Å². The summed E-state index contributed by atoms with van der Waals surface area (Å²) in [5.74, 6) is -0.556. The van der Waals surface area contributed by atoms with Crippen molar-refractivity contribution in [2.45, 2.75) is 32.8 Å². The molecule has 0 radical (unpaired) electrons. The molecule has 0 atom stereocenters. The van der Waals surface area contributed by atoms with Crippen LogP contribution in [0.4, 0.5) is 14.9 Å². The fourth-order valence-electron chi connectivity index (χ4n) is 2.02. The number of halogens is 1. The van der Waals surface area contributed by atoms with Crippen molar-refractivity contribution in [2.24, 2.45) is 0 Å². The van der Waals surface area contributed by atoms with Gasteiger partial charge >= 0.3 is 6.09 Å². The fourth-order valence-corrected chi connectivity index (χ4v) is 2.02. The summed E-state index contributed by atoms with van der Waals surface area (Å²) in [6, 6.07) is 2.71. The number of nitrogens with zero attached hydrogens (tertiary/aromatic N) is 1. The van der Waals surface area contributed by atoms with Crippen LogP contribution in [0.5, 0.6) is 0 Å². The lowest BCUT2D eigenvalue weighted by Gasteiger charge is -2.24. The monoisotopic (exact) mass is 265 g/mol. The third kappa shape index (κ3) is 2.75. The van der Waals surface area contributed by atoms with Crippen LogP contribution in [0.25, 0.3) is 0 Å². The zero-order valence-electron chi connectivity index (χ0n) is 11.2. The maximum absolute atomic E-state index is 13.5. The van der Waals surface area contributed by atoms with E-state index in [0.29, 0.717) is 30.5 Å². The first-order valence-corrected chi connectivity index (χ1v) is 6.10. The van der Waals surface area contributed by atoms with Crippen molar-refractivity contribution in [3.8, 4) is 0 Å². The number of ether oxygens (including phenoxy) is 1. The first-order valence-electron chi connectivity index (χ1n) is 6.10. The summed E-state index contributed by atoms with van der Waals surface area (Å²) in [5.41, 5.74) is 0.633. The molecule has 2 rings (SSSR count). The third-order valence-electron chi connectivity index (χ3n) is 2.83. The van der Waals surface area contributed by atoms with Crippen LogP contribution in [-0.2, 0) is 11.2 Å². The van der Waals surface area contributed by atoms with Crippen molar-refractivity contribution < 1.29 is 18.7 Å². The molecule has 102 valence electrons. The molecule has 4 nitrogen and oxygen atoms in total. The van der Waals surface area contributed by atoms with Gasteiger partial charge in [-0.15, -0.1) is 0 Å². The normalized spacial score (nSPS) is 14.2. The van der Waals surface area contributed by atoms with Crippen LogP contribution < -0.4 is 4.90 Å². The molecule has 1 heterocycles. The van der Waals surface area contributed by atoms with E-state index in [1.807, 2.05) is 0 Å². The topological polar surface area (TPSA) is 46.6 Å². The predicted molar refractivity (Wildman–Crippen MR) is 69.1 cm³/mol. The van der Waals surface area contributed by atoms with Gasteiger partial charge in [0, 0.05) is 6.54 Å². The molecule has 0 fully saturated rings. The maximum Gasteiger partial charge on any atom is 0.414 e. The number of rotatable bonds is 1. The highest BCUT2D eigenvalue weighted by molar-refractivity contribution is 5.92. The van der Waals surface area contributed by atoms with Crippen molar-refractivity contribution in [3.05, 3.63) is 29.1 Å². The molecular weight excluding hydrogens is 249 g/mol. The molecule has 0 saturated carbocycles. The molecule has 0 saturated heterocycles. The Bertz CT molecular complexity index is 534. The minimum Gasteiger partial charge on any atom is -0.443 e. The Labute approximate surface area is 111 Å². The number of hydrogen-bond acceptors (Lipinski definition) is 3. The number of carbonyl (C=O) groups is 2. The van der Waals surface area contributed by atoms with Gasteiger partial charge in [0.05, 0.1) is 11.3 Å². The number of anilines is 1. The van der Waals surface area contributed by atoms with Gasteiger partial charge in [-0.3, -0.25) is 9.69 Å². The number of carbonyl (C=O) groups excluding carboxylic acids is 2. The summed E-state index contributed by atoms with van der Waals surface area (Å²) >= 11 is 0. The van der Waals surface area contributed by atoms with E-state index in [-0.39, 0.29) is 5.56 Å². The first kappa shape index (κ1) is 13.5. The van der Waals surface area contributed by atoms with Gasteiger partial charge in [0.15, 0.2) is 6.29 Å². The van der Waals surface area contributed by atoms with Crippen LogP contribution in [0.1, 0.15) is 36.7 Å². The van der Waals surface area contributed by atoms with E-state index >= 15 is 0 Å². The molecule has 1 aromatic rings. The van der Waals surface area contributed by atoms with E-state index in [9.17, 15) is 14.0 Å². The molecule has 0 bridgehead atoms. The van der Waals surface area contributed by atoms with Crippen LogP contribution in [0.15, 0.2) is 12.1 Å². The Morgan fingerprint density at radius 1 is 1.42 bits per heavy atom. The average Bonchev–Trinajstić information content (AvgIpc) is 2.68. The van der Waals surface area contributed by atoms with E-state index in [1.165, 1.54) is 17.0 Å². The van der Waals surface area contributed by atoms with Gasteiger partial charge in [0.1, 0.15) is 11.4 Å². The van der Waals surface area contributed by atoms with Crippen LogP contribution in [0.2, 0.25) is 0 Å². The lowest BCUT2D eigenvalue weighted by molar-refractivity contribution is 0.0583. The largest absolute Gasteiger partial charge is 0.443 e. The molecule has 0 aliphatic carbocycles. The van der Waals surface area contributed by atoms with Gasteiger partial charge in [-0.05, 0) is 44.9 Å². The number of aldehydes is 1. The number of fused-ring (bicyclic) bond motifs is 1. The van der Waals surface area contributed by atoms with Crippen LogP contribution >= 0.6 is 0 Å². The minimum absolute atomic E-state index is 0.0470. The molecule has 0 aromatic heterocycles. The smallest absolute Gasteiger partial charge is 0.414 e. The molecule has 0 unspecified atom stereocenters. The van der Waals surface area contributed by atoms with Gasteiger partial charge < -0.3 is 4.74 Å². The average molecular weight is 265 g/mol. The highest BCUT2D eigenvalue weighted by Gasteiger charge is 2.29. The molecule has 1 amide bonds. The quantitative estimate of drug-likeness (QED) is 0.733. The second-order valence-corrected chi connectivity index (χ2v) is 5.50. The summed E-state index contributed by atoms with van der Waals surface area (Å²) < 4.78 is 18.8. The predicted octanol–water partition coefficient (Wildman–Crippen LogP) is 2.94. The highest BCUT2D eigenvalue weighted by atomic mass is 19.1. The second kappa shape index (κ2) is 4.64. The first-order chi connectivity index (χ1) is 8.81. The summed E-state index contributed by atoms with van der Waals surface area (Å²) in [5, 5.41) is 0. The van der Waals surface area contributed by atoms with Gasteiger partial charge in [-0.2, -0.15) is 0 Å². The van der Waals surface area contributed by atoms with Gasteiger partial charge in [-0.1, -0.05) is 0 Å². The van der Waals surface area contributed by atoms with Crippen LogP contribution in [0.3, 0.4) is 0 Å². The molecule has 5 heteroatoms. The second-order valence-electron chi connectivity index (χ2n) is 5.50. The summed E-state index contributed by atoms with van der Waals surface area (Å²) in [4.78, 5) is 24.2. The van der Waals surface area contributed by atoms with Crippen LogP contribution in [-0.4, -0.2) is 24.5 Å². The lowest BCUT2D eigenvalue weighted by atomic mass is 10.1. The zero-order chi connectivity index (χ0) is 14.2. The summed E-state index contributed by atoms with van der Waals surface area (Å²) in [6.07, 6.45) is 0.529. The van der Waals surface area contributed by atoms with E-state index in [2.05, 4.69) is 0 Å². The summed E-state index contributed by atoms with van der Waals surface area (Å²) in [6.45, 7) is 5.78. The van der Waals surface area contributed by atoms with Crippen molar-refractivity contribution >= 4 is 18.1 Å². The molecule has 0 spiro atoms. The standard InChI is InChI=1S/C14H16FNO3/c1-14(2,3)19-13(18)16-5-4-9-6-11(15)10(8-17)7-12(9)16/h6-8H,4-5H2,1-3H3. The maximum atomic E-state index is 13.5. The van der Waals surface area contributed by atoms with Crippen molar-refractivity contribution in [3.63, 3.8) is 0 Å². The summed E-state index contributed by atoms with van der Waals surface area (Å²) in [7, 11) is 0. The number of amides is 1. The Morgan fingerprint density at radius 3 is 2.68 bits per heavy atom. The van der Waals surface area contributed by atoms with E-state index in [1.54, 1.807) is 20.8 Å². The molecule has 1 aliphatic heterocycles. The van der Waals surface area contributed by atoms with Crippen molar-refractivity contribution in [1.82, 2.24) is 0 Å². The van der Waals surface area contributed by atoms with E-state index < -0.39 is 17.5 Å². The Hall–Kier alpha value is -1.91. The van der Waals surface area contributed by atoms with Crippen LogP contribution in [0, 0.1) is 5.82 Å². The number of hydrogen-bond donors (Lipinski definition) is 0. The van der Waals surface area contributed by atoms with E-state index in [4.69, 9.17) is 4.74 Å². The fraction of sp³-hybridized carbons (Fsp3) is 0.429. The molecule has 0 N–H and O–H groups in total. The molecule has 19 heavy (non-hydrogen) atoms. The SMILES string of the molecule is CC(C)(C)OC(=O)N1CCc2cc(F)c(C=O)cc21. The number of benzene rings is 1.